The normalized spacial score (nSPS) is 10.6. The Morgan fingerprint density at radius 3 is 2.75 bits per heavy atom. The van der Waals surface area contributed by atoms with Crippen molar-refractivity contribution in [3.05, 3.63) is 78.6 Å². The Morgan fingerprint density at radius 1 is 0.929 bits per heavy atom. The van der Waals surface area contributed by atoms with Crippen LogP contribution in [0.3, 0.4) is 0 Å². The molecule has 0 fully saturated rings. The van der Waals surface area contributed by atoms with Gasteiger partial charge in [-0.3, -0.25) is 4.98 Å². The topological polar surface area (TPSA) is 72.0 Å². The van der Waals surface area contributed by atoms with Gasteiger partial charge in [0.25, 0.3) is 0 Å². The van der Waals surface area contributed by atoms with E-state index in [2.05, 4.69) is 31.7 Å². The minimum absolute atomic E-state index is 0.532. The van der Waals surface area contributed by atoms with Gasteiger partial charge in [-0.1, -0.05) is 30.3 Å². The van der Waals surface area contributed by atoms with Gasteiger partial charge in [-0.2, -0.15) is 4.98 Å². The van der Waals surface area contributed by atoms with Gasteiger partial charge in [0.05, 0.1) is 18.3 Å². The summed E-state index contributed by atoms with van der Waals surface area (Å²) in [5, 5.41) is 7.69. The molecular weight excluding hydrogens is 350 g/mol. The molecule has 0 saturated heterocycles. The van der Waals surface area contributed by atoms with E-state index in [-0.39, 0.29) is 0 Å². The maximum Gasteiger partial charge on any atom is 0.229 e. The third-order valence-corrected chi connectivity index (χ3v) is 4.39. The van der Waals surface area contributed by atoms with Gasteiger partial charge in [0, 0.05) is 24.3 Å². The van der Waals surface area contributed by atoms with E-state index in [1.54, 1.807) is 19.5 Å². The number of para-hydroxylation sites is 1. The highest BCUT2D eigenvalue weighted by Gasteiger charge is 2.05. The van der Waals surface area contributed by atoms with Crippen LogP contribution >= 0.6 is 0 Å². The summed E-state index contributed by atoms with van der Waals surface area (Å²) in [6, 6.07) is 19.9. The number of benzene rings is 2. The van der Waals surface area contributed by atoms with E-state index in [1.807, 2.05) is 54.6 Å². The highest BCUT2D eigenvalue weighted by Crippen LogP contribution is 2.23. The Labute approximate surface area is 163 Å². The smallest absolute Gasteiger partial charge is 0.229 e. The summed E-state index contributed by atoms with van der Waals surface area (Å²) in [5.74, 6) is 2.17. The zero-order valence-electron chi connectivity index (χ0n) is 15.6. The van der Waals surface area contributed by atoms with E-state index in [0.717, 1.165) is 41.1 Å². The second kappa shape index (κ2) is 8.35. The van der Waals surface area contributed by atoms with Crippen molar-refractivity contribution in [2.75, 3.05) is 24.3 Å². The summed E-state index contributed by atoms with van der Waals surface area (Å²) in [4.78, 5) is 13.3. The molecule has 2 aromatic heterocycles. The van der Waals surface area contributed by atoms with Crippen molar-refractivity contribution < 1.29 is 4.74 Å². The molecular formula is C22H21N5O. The van der Waals surface area contributed by atoms with Crippen LogP contribution in [-0.4, -0.2) is 28.6 Å². The van der Waals surface area contributed by atoms with Gasteiger partial charge in [0.1, 0.15) is 11.6 Å². The first-order valence-corrected chi connectivity index (χ1v) is 9.12. The van der Waals surface area contributed by atoms with Gasteiger partial charge in [-0.25, -0.2) is 4.98 Å². The highest BCUT2D eigenvalue weighted by atomic mass is 16.5. The fraction of sp³-hybridized carbons (Fsp3) is 0.136. The lowest BCUT2D eigenvalue weighted by Crippen LogP contribution is -2.08. The van der Waals surface area contributed by atoms with Gasteiger partial charge in [-0.05, 0) is 42.3 Å². The highest BCUT2D eigenvalue weighted by molar-refractivity contribution is 5.91. The van der Waals surface area contributed by atoms with Crippen molar-refractivity contribution >= 4 is 28.4 Å². The average molecular weight is 371 g/mol. The van der Waals surface area contributed by atoms with Gasteiger partial charge >= 0.3 is 0 Å². The molecule has 0 spiro atoms. The predicted molar refractivity (Wildman–Crippen MR) is 112 cm³/mol. The predicted octanol–water partition coefficient (Wildman–Crippen LogP) is 4.43. The van der Waals surface area contributed by atoms with E-state index in [9.17, 15) is 0 Å². The lowest BCUT2D eigenvalue weighted by atomic mass is 10.1. The lowest BCUT2D eigenvalue weighted by Gasteiger charge is -2.10. The van der Waals surface area contributed by atoms with Crippen LogP contribution in [0.15, 0.2) is 73.1 Å². The van der Waals surface area contributed by atoms with Crippen molar-refractivity contribution in [3.63, 3.8) is 0 Å². The Bertz CT molecular complexity index is 1080. The van der Waals surface area contributed by atoms with Crippen molar-refractivity contribution in [1.29, 1.82) is 0 Å². The number of pyridine rings is 1. The van der Waals surface area contributed by atoms with Crippen LogP contribution in [0.4, 0.5) is 17.5 Å². The fourth-order valence-corrected chi connectivity index (χ4v) is 3.01. The van der Waals surface area contributed by atoms with Crippen LogP contribution in [-0.2, 0) is 6.42 Å². The number of nitrogens with one attached hydrogen (secondary N) is 2. The average Bonchev–Trinajstić information content (AvgIpc) is 2.74. The zero-order chi connectivity index (χ0) is 19.2. The number of anilines is 3. The Morgan fingerprint density at radius 2 is 1.82 bits per heavy atom. The zero-order valence-corrected chi connectivity index (χ0v) is 15.6. The maximum absolute atomic E-state index is 5.27. The number of ether oxygens (including phenoxy) is 1. The molecule has 140 valence electrons. The van der Waals surface area contributed by atoms with Crippen molar-refractivity contribution in [2.24, 2.45) is 0 Å². The third kappa shape index (κ3) is 4.17. The number of hydrogen-bond donors (Lipinski definition) is 2. The summed E-state index contributed by atoms with van der Waals surface area (Å²) >= 11 is 0. The van der Waals surface area contributed by atoms with Gasteiger partial charge in [-0.15, -0.1) is 0 Å². The van der Waals surface area contributed by atoms with Crippen LogP contribution in [0.25, 0.3) is 10.9 Å². The molecule has 0 bridgehead atoms. The SMILES string of the molecule is COc1cccc(CCNc2ccnc(Nc3cccc4cccnc34)n2)c1. The Balaban J connectivity index is 1.43. The summed E-state index contributed by atoms with van der Waals surface area (Å²) < 4.78 is 5.27. The largest absolute Gasteiger partial charge is 0.497 e. The molecule has 2 heterocycles. The second-order valence-electron chi connectivity index (χ2n) is 6.30. The number of nitrogens with zero attached hydrogens (tertiary/aromatic N) is 3. The molecule has 28 heavy (non-hydrogen) atoms. The molecule has 0 radical (unpaired) electrons. The summed E-state index contributed by atoms with van der Waals surface area (Å²) in [7, 11) is 1.68. The number of methoxy groups -OCH3 is 1. The molecule has 4 rings (SSSR count). The molecule has 2 N–H and O–H groups in total. The van der Waals surface area contributed by atoms with Crippen LogP contribution in [0, 0.1) is 0 Å². The second-order valence-corrected chi connectivity index (χ2v) is 6.30. The van der Waals surface area contributed by atoms with Crippen LogP contribution in [0.5, 0.6) is 5.75 Å². The quantitative estimate of drug-likeness (QED) is 0.501. The molecule has 6 nitrogen and oxygen atoms in total. The van der Waals surface area contributed by atoms with Crippen molar-refractivity contribution in [2.45, 2.75) is 6.42 Å². The molecule has 0 amide bonds. The number of hydrogen-bond acceptors (Lipinski definition) is 6. The van der Waals surface area contributed by atoms with E-state index in [0.29, 0.717) is 5.95 Å². The molecule has 2 aromatic carbocycles. The van der Waals surface area contributed by atoms with E-state index < -0.39 is 0 Å². The molecule has 0 saturated carbocycles. The van der Waals surface area contributed by atoms with Crippen LogP contribution in [0.1, 0.15) is 5.56 Å². The number of rotatable bonds is 7. The molecule has 6 heteroatoms. The Hall–Kier alpha value is -3.67. The van der Waals surface area contributed by atoms with Crippen molar-refractivity contribution in [1.82, 2.24) is 15.0 Å². The minimum atomic E-state index is 0.532. The molecule has 0 aliphatic rings. The standard InChI is InChI=1S/C22H21N5O/c1-28-18-8-2-5-16(15-18)10-13-23-20-11-14-25-22(27-20)26-19-9-3-6-17-7-4-12-24-21(17)19/h2-9,11-12,14-15H,10,13H2,1H3,(H2,23,25,26,27). The molecule has 0 aliphatic carbocycles. The molecule has 0 atom stereocenters. The van der Waals surface area contributed by atoms with Crippen molar-refractivity contribution in [3.8, 4) is 5.75 Å². The first-order valence-electron chi connectivity index (χ1n) is 9.12. The minimum Gasteiger partial charge on any atom is -0.497 e. The first kappa shape index (κ1) is 17.7. The molecule has 0 unspecified atom stereocenters. The summed E-state index contributed by atoms with van der Waals surface area (Å²) in [5.41, 5.74) is 2.98. The van der Waals surface area contributed by atoms with Gasteiger partial charge in [0.15, 0.2) is 0 Å². The van der Waals surface area contributed by atoms with Crippen LogP contribution in [0.2, 0.25) is 0 Å². The van der Waals surface area contributed by atoms with E-state index >= 15 is 0 Å². The Kier molecular flexibility index (Phi) is 5.29. The third-order valence-electron chi connectivity index (χ3n) is 4.39. The molecule has 4 aromatic rings. The lowest BCUT2D eigenvalue weighted by molar-refractivity contribution is 0.414. The van der Waals surface area contributed by atoms with Crippen LogP contribution < -0.4 is 15.4 Å². The first-order chi connectivity index (χ1) is 13.8. The monoisotopic (exact) mass is 371 g/mol. The van der Waals surface area contributed by atoms with Gasteiger partial charge in [0.2, 0.25) is 5.95 Å². The number of fused-ring (bicyclic) bond motifs is 1. The number of aromatic nitrogens is 3. The maximum atomic E-state index is 5.27. The summed E-state index contributed by atoms with van der Waals surface area (Å²) in [6.45, 7) is 0.763. The molecule has 0 aliphatic heterocycles. The summed E-state index contributed by atoms with van der Waals surface area (Å²) in [6.07, 6.45) is 4.39. The van der Waals surface area contributed by atoms with Gasteiger partial charge < -0.3 is 15.4 Å². The fourth-order valence-electron chi connectivity index (χ4n) is 3.01. The van der Waals surface area contributed by atoms with E-state index in [4.69, 9.17) is 4.74 Å². The van der Waals surface area contributed by atoms with E-state index in [1.165, 1.54) is 5.56 Å².